The maximum atomic E-state index is 2.52. The van der Waals surface area contributed by atoms with E-state index in [0.29, 0.717) is 0 Å². The highest BCUT2D eigenvalue weighted by molar-refractivity contribution is 5.99. The molecule has 3 aliphatic carbocycles. The minimum Gasteiger partial charge on any atom is -0.310 e. The first-order valence-electron chi connectivity index (χ1n) is 29.5. The predicted molar refractivity (Wildman–Crippen MR) is 347 cm³/mol. The van der Waals surface area contributed by atoms with Gasteiger partial charge in [0, 0.05) is 27.8 Å². The molecule has 11 aromatic carbocycles. The molecule has 0 amide bonds. The predicted octanol–water partition coefficient (Wildman–Crippen LogP) is 21.7. The van der Waals surface area contributed by atoms with Crippen LogP contribution in [0.4, 0.5) is 17.1 Å². The van der Waals surface area contributed by atoms with Crippen molar-refractivity contribution in [3.63, 3.8) is 0 Å². The highest BCUT2D eigenvalue weighted by Gasteiger charge is 2.48. The Balaban J connectivity index is 0.959. The molecular weight excluding hydrogens is 987 g/mol. The number of rotatable bonds is 8. The SMILES string of the molecule is CC(C)(C)c1cccc(C2(c3cccc(C(C)(C)C)c3)c3ccccc3-c3c(N(c4ccc(-c5ccc6c(c5)C(C)(C)c5ccccc5-6)cc4)c4ccc(-c5ccccc5-c5cccc6c5C(C)(C)c5ccccc5-6)cc4)cccc32)c1. The van der Waals surface area contributed by atoms with E-state index in [-0.39, 0.29) is 21.7 Å². The molecule has 82 heavy (non-hydrogen) atoms. The van der Waals surface area contributed by atoms with E-state index in [2.05, 4.69) is 323 Å². The van der Waals surface area contributed by atoms with E-state index in [4.69, 9.17) is 0 Å². The van der Waals surface area contributed by atoms with Crippen molar-refractivity contribution in [2.24, 2.45) is 0 Å². The fraction of sp³-hybridized carbons (Fsp3) is 0.185. The van der Waals surface area contributed by atoms with E-state index in [1.807, 2.05) is 0 Å². The first kappa shape index (κ1) is 51.4. The number of nitrogens with zero attached hydrogens (tertiary/aromatic N) is 1. The summed E-state index contributed by atoms with van der Waals surface area (Å²) >= 11 is 0. The molecule has 0 heterocycles. The minimum absolute atomic E-state index is 0.0481. The number of hydrogen-bond acceptors (Lipinski definition) is 1. The fourth-order valence-corrected chi connectivity index (χ4v) is 14.7. The Morgan fingerprint density at radius 3 is 1.32 bits per heavy atom. The molecule has 0 fully saturated rings. The summed E-state index contributed by atoms with van der Waals surface area (Å²) in [4.78, 5) is 2.52. The summed E-state index contributed by atoms with van der Waals surface area (Å²) < 4.78 is 0. The molecule has 0 atom stereocenters. The molecule has 0 aliphatic heterocycles. The topological polar surface area (TPSA) is 3.24 Å². The maximum Gasteiger partial charge on any atom is 0.0714 e. The van der Waals surface area contributed by atoms with Crippen LogP contribution < -0.4 is 4.90 Å². The number of fused-ring (bicyclic) bond motifs is 9. The molecule has 400 valence electrons. The third kappa shape index (κ3) is 7.80. The van der Waals surface area contributed by atoms with Crippen molar-refractivity contribution in [2.45, 2.75) is 96.3 Å². The van der Waals surface area contributed by atoms with Crippen molar-refractivity contribution in [1.82, 2.24) is 0 Å². The van der Waals surface area contributed by atoms with Crippen LogP contribution in [-0.4, -0.2) is 0 Å². The van der Waals surface area contributed by atoms with Crippen LogP contribution in [0, 0.1) is 0 Å². The smallest absolute Gasteiger partial charge is 0.0714 e. The van der Waals surface area contributed by atoms with E-state index >= 15 is 0 Å². The summed E-state index contributed by atoms with van der Waals surface area (Å²) in [6, 6.07) is 94.9. The number of hydrogen-bond donors (Lipinski definition) is 0. The van der Waals surface area contributed by atoms with Crippen LogP contribution in [0.2, 0.25) is 0 Å². The second-order valence-corrected chi connectivity index (χ2v) is 26.5. The van der Waals surface area contributed by atoms with Gasteiger partial charge in [-0.25, -0.2) is 0 Å². The van der Waals surface area contributed by atoms with Crippen LogP contribution >= 0.6 is 0 Å². The Kier molecular flexibility index (Phi) is 11.7. The number of benzene rings is 11. The largest absolute Gasteiger partial charge is 0.310 e. The van der Waals surface area contributed by atoms with Gasteiger partial charge < -0.3 is 4.90 Å². The van der Waals surface area contributed by atoms with Crippen molar-refractivity contribution in [3.05, 3.63) is 304 Å². The highest BCUT2D eigenvalue weighted by Crippen LogP contribution is 2.61. The average molecular weight is 1060 g/mol. The molecule has 1 heteroatoms. The van der Waals surface area contributed by atoms with Crippen LogP contribution in [0.15, 0.2) is 249 Å². The second kappa shape index (κ2) is 18.6. The Labute approximate surface area is 486 Å². The second-order valence-electron chi connectivity index (χ2n) is 26.5. The lowest BCUT2D eigenvalue weighted by Crippen LogP contribution is -2.30. The summed E-state index contributed by atoms with van der Waals surface area (Å²) in [7, 11) is 0. The molecule has 14 rings (SSSR count). The fourth-order valence-electron chi connectivity index (χ4n) is 14.7. The normalized spacial score (nSPS) is 14.8. The van der Waals surface area contributed by atoms with Crippen molar-refractivity contribution < 1.29 is 0 Å². The molecule has 0 spiro atoms. The third-order valence-corrected chi connectivity index (χ3v) is 18.9. The quantitative estimate of drug-likeness (QED) is 0.147. The summed E-state index contributed by atoms with van der Waals surface area (Å²) in [6.07, 6.45) is 0. The van der Waals surface area contributed by atoms with Gasteiger partial charge in [0.25, 0.3) is 0 Å². The Morgan fingerprint density at radius 2 is 0.720 bits per heavy atom. The summed E-state index contributed by atoms with van der Waals surface area (Å²) in [5.41, 5.74) is 31.0. The van der Waals surface area contributed by atoms with Crippen LogP contribution in [-0.2, 0) is 27.1 Å². The zero-order valence-corrected chi connectivity index (χ0v) is 49.1. The maximum absolute atomic E-state index is 2.52. The van der Waals surface area contributed by atoms with Gasteiger partial charge in [0.05, 0.1) is 11.1 Å². The van der Waals surface area contributed by atoms with Crippen LogP contribution in [0.3, 0.4) is 0 Å². The standard InChI is InChI=1S/C81H71N/c1-77(2,3)55-23-19-25-57(50-55)81(58-26-20-24-56(51-58)78(4,5)6)71-36-18-15-31-68(71)75-72(81)37-22-38-74(75)82(59-44-39-52(40-45-59)54-43-48-65-63-29-13-16-34-69(63)79(7,8)73(65)49-54)60-46-41-53(42-47-60)61-27-11-12-28-62(61)66-32-21-33-67-64-30-14-17-35-70(64)80(9,10)76(66)67/h11-51H,1-10H3. The summed E-state index contributed by atoms with van der Waals surface area (Å²) in [5, 5.41) is 0. The average Bonchev–Trinajstić information content (AvgIpc) is 1.69. The molecule has 0 unspecified atom stereocenters. The molecular formula is C81H71N. The lowest BCUT2D eigenvalue weighted by atomic mass is 9.66. The molecule has 0 radical (unpaired) electrons. The summed E-state index contributed by atoms with van der Waals surface area (Å²) in [5.74, 6) is 0. The zero-order valence-electron chi connectivity index (χ0n) is 49.1. The first-order valence-corrected chi connectivity index (χ1v) is 29.5. The molecule has 3 aliphatic rings. The van der Waals surface area contributed by atoms with E-state index in [1.165, 1.54) is 122 Å². The van der Waals surface area contributed by atoms with Crippen LogP contribution in [0.5, 0.6) is 0 Å². The van der Waals surface area contributed by atoms with Gasteiger partial charge in [-0.3, -0.25) is 0 Å². The highest BCUT2D eigenvalue weighted by atomic mass is 15.1. The van der Waals surface area contributed by atoms with Gasteiger partial charge in [-0.05, 0) is 164 Å². The van der Waals surface area contributed by atoms with Crippen molar-refractivity contribution >= 4 is 17.1 Å². The summed E-state index contributed by atoms with van der Waals surface area (Å²) in [6.45, 7) is 23.5. The lowest BCUT2D eigenvalue weighted by Gasteiger charge is -2.36. The third-order valence-electron chi connectivity index (χ3n) is 18.9. The van der Waals surface area contributed by atoms with E-state index in [0.717, 1.165) is 17.1 Å². The van der Waals surface area contributed by atoms with Gasteiger partial charge in [0.15, 0.2) is 0 Å². The molecule has 0 saturated carbocycles. The van der Waals surface area contributed by atoms with Gasteiger partial charge >= 0.3 is 0 Å². The Hall–Kier alpha value is -8.78. The molecule has 1 nitrogen and oxygen atoms in total. The van der Waals surface area contributed by atoms with E-state index in [1.54, 1.807) is 0 Å². The monoisotopic (exact) mass is 1060 g/mol. The molecule has 0 saturated heterocycles. The molecule has 0 aromatic heterocycles. The van der Waals surface area contributed by atoms with Crippen molar-refractivity contribution in [1.29, 1.82) is 0 Å². The van der Waals surface area contributed by atoms with Crippen LogP contribution in [0.1, 0.15) is 125 Å². The van der Waals surface area contributed by atoms with Gasteiger partial charge in [-0.15, -0.1) is 0 Å². The Bertz CT molecular complexity index is 4280. The molecule has 0 bridgehead atoms. The minimum atomic E-state index is -0.609. The lowest BCUT2D eigenvalue weighted by molar-refractivity contribution is 0.585. The van der Waals surface area contributed by atoms with Gasteiger partial charge in [0.1, 0.15) is 0 Å². The van der Waals surface area contributed by atoms with Crippen molar-refractivity contribution in [2.75, 3.05) is 4.90 Å². The molecule has 0 N–H and O–H groups in total. The van der Waals surface area contributed by atoms with Crippen LogP contribution in [0.25, 0.3) is 66.8 Å². The zero-order chi connectivity index (χ0) is 56.5. The van der Waals surface area contributed by atoms with E-state index in [9.17, 15) is 0 Å². The number of anilines is 3. The van der Waals surface area contributed by atoms with Gasteiger partial charge in [0.2, 0.25) is 0 Å². The Morgan fingerprint density at radius 1 is 0.293 bits per heavy atom. The van der Waals surface area contributed by atoms with Crippen molar-refractivity contribution in [3.8, 4) is 66.8 Å². The van der Waals surface area contributed by atoms with E-state index < -0.39 is 5.41 Å². The first-order chi connectivity index (χ1) is 39.5. The van der Waals surface area contributed by atoms with Gasteiger partial charge in [-0.2, -0.15) is 0 Å². The van der Waals surface area contributed by atoms with Gasteiger partial charge in [-0.1, -0.05) is 282 Å². The molecule has 11 aromatic rings.